The fraction of sp³-hybridized carbons (Fsp3) is 0.350. The molecule has 1 aliphatic rings. The molecule has 6 nitrogen and oxygen atoms in total. The maximum atomic E-state index is 13.0. The van der Waals surface area contributed by atoms with Crippen molar-refractivity contribution in [2.75, 3.05) is 26.2 Å². The van der Waals surface area contributed by atoms with Crippen LogP contribution in [0.5, 0.6) is 0 Å². The molecular weight excluding hydrogens is 362 g/mol. The molecular formula is C20H23N3O3S. The number of rotatable bonds is 4. The van der Waals surface area contributed by atoms with Gasteiger partial charge in [0.05, 0.1) is 15.9 Å². The number of hydrogen-bond donors (Lipinski definition) is 1. The van der Waals surface area contributed by atoms with Crippen molar-refractivity contribution in [1.29, 1.82) is 0 Å². The third kappa shape index (κ3) is 3.88. The monoisotopic (exact) mass is 385 g/mol. The lowest BCUT2D eigenvalue weighted by molar-refractivity contribution is -0.137. The molecule has 1 fully saturated rings. The summed E-state index contributed by atoms with van der Waals surface area (Å²) in [6.45, 7) is 5.79. The van der Waals surface area contributed by atoms with Gasteiger partial charge in [0.2, 0.25) is 11.8 Å². The van der Waals surface area contributed by atoms with Crippen molar-refractivity contribution in [3.63, 3.8) is 0 Å². The number of amides is 3. The van der Waals surface area contributed by atoms with Crippen LogP contribution in [0.1, 0.15) is 39.4 Å². The summed E-state index contributed by atoms with van der Waals surface area (Å²) in [6, 6.07) is 11.3. The lowest BCUT2D eigenvalue weighted by atomic mass is 9.83. The van der Waals surface area contributed by atoms with Crippen LogP contribution in [0.2, 0.25) is 0 Å². The fourth-order valence-corrected chi connectivity index (χ4v) is 4.08. The van der Waals surface area contributed by atoms with Crippen LogP contribution in [0.3, 0.4) is 0 Å². The van der Waals surface area contributed by atoms with Crippen molar-refractivity contribution in [3.8, 4) is 0 Å². The van der Waals surface area contributed by atoms with Crippen molar-refractivity contribution < 1.29 is 14.4 Å². The molecule has 0 saturated carbocycles. The second kappa shape index (κ2) is 7.52. The number of piperazine rings is 1. The minimum atomic E-state index is -0.614. The van der Waals surface area contributed by atoms with Crippen LogP contribution < -0.4 is 5.73 Å². The van der Waals surface area contributed by atoms with E-state index in [1.54, 1.807) is 10.3 Å². The number of nitrogens with zero attached hydrogens (tertiary/aromatic N) is 2. The molecule has 1 saturated heterocycles. The Kier molecular flexibility index (Phi) is 5.32. The van der Waals surface area contributed by atoms with Gasteiger partial charge in [-0.2, -0.15) is 0 Å². The average Bonchev–Trinajstić information content (AvgIpc) is 3.18. The highest BCUT2D eigenvalue weighted by molar-refractivity contribution is 7.12. The quantitative estimate of drug-likeness (QED) is 0.875. The molecule has 2 N–H and O–H groups in total. The molecule has 0 atom stereocenters. The van der Waals surface area contributed by atoms with Crippen molar-refractivity contribution in [2.45, 2.75) is 19.3 Å². The summed E-state index contributed by atoms with van der Waals surface area (Å²) in [5.74, 6) is -0.598. The topological polar surface area (TPSA) is 83.7 Å². The normalized spacial score (nSPS) is 14.9. The smallest absolute Gasteiger partial charge is 0.264 e. The summed E-state index contributed by atoms with van der Waals surface area (Å²) in [6.07, 6.45) is 0. The molecule has 7 heteroatoms. The molecule has 1 aliphatic heterocycles. The van der Waals surface area contributed by atoms with Crippen LogP contribution in [0.15, 0.2) is 41.8 Å². The Morgan fingerprint density at radius 1 is 1.00 bits per heavy atom. The minimum absolute atomic E-state index is 0.0629. The van der Waals surface area contributed by atoms with Crippen molar-refractivity contribution >= 4 is 29.1 Å². The van der Waals surface area contributed by atoms with Gasteiger partial charge >= 0.3 is 0 Å². The average molecular weight is 385 g/mol. The Balaban J connectivity index is 1.63. The standard InChI is InChI=1S/C20H23N3O3S/c1-20(2,15-6-4-3-5-7-15)19(26)23-10-8-22(9-11-23)18(25)16-12-14(13-27-16)17(21)24/h3-7,12-13H,8-11H2,1-2H3,(H2,21,24). The molecule has 27 heavy (non-hydrogen) atoms. The maximum Gasteiger partial charge on any atom is 0.264 e. The highest BCUT2D eigenvalue weighted by atomic mass is 32.1. The van der Waals surface area contributed by atoms with E-state index < -0.39 is 11.3 Å². The summed E-state index contributed by atoms with van der Waals surface area (Å²) in [5.41, 5.74) is 5.96. The molecule has 3 rings (SSSR count). The lowest BCUT2D eigenvalue weighted by Gasteiger charge is -2.38. The largest absolute Gasteiger partial charge is 0.366 e. The third-order valence-electron chi connectivity index (χ3n) is 4.98. The number of thiophene rings is 1. The molecule has 0 spiro atoms. The zero-order chi connectivity index (χ0) is 19.6. The first-order chi connectivity index (χ1) is 12.8. The van der Waals surface area contributed by atoms with E-state index >= 15 is 0 Å². The first-order valence-corrected chi connectivity index (χ1v) is 9.71. The number of primary amides is 1. The number of benzene rings is 1. The minimum Gasteiger partial charge on any atom is -0.366 e. The van der Waals surface area contributed by atoms with E-state index in [0.29, 0.717) is 36.6 Å². The van der Waals surface area contributed by atoms with Gasteiger partial charge in [0.1, 0.15) is 0 Å². The molecule has 0 unspecified atom stereocenters. The van der Waals surface area contributed by atoms with Gasteiger partial charge in [0.25, 0.3) is 5.91 Å². The Bertz CT molecular complexity index is 852. The third-order valence-corrected chi connectivity index (χ3v) is 5.90. The van der Waals surface area contributed by atoms with Crippen LogP contribution in [-0.2, 0) is 10.2 Å². The second-order valence-electron chi connectivity index (χ2n) is 7.14. The Labute approximate surface area is 162 Å². The molecule has 0 radical (unpaired) electrons. The van der Waals surface area contributed by atoms with Crippen LogP contribution in [-0.4, -0.2) is 53.7 Å². The van der Waals surface area contributed by atoms with Crippen molar-refractivity contribution in [3.05, 3.63) is 57.8 Å². The Morgan fingerprint density at radius 2 is 1.59 bits per heavy atom. The van der Waals surface area contributed by atoms with E-state index in [9.17, 15) is 14.4 Å². The van der Waals surface area contributed by atoms with E-state index in [1.165, 1.54) is 17.4 Å². The van der Waals surface area contributed by atoms with Gasteiger partial charge in [-0.05, 0) is 25.5 Å². The molecule has 2 heterocycles. The van der Waals surface area contributed by atoms with Gasteiger partial charge < -0.3 is 15.5 Å². The van der Waals surface area contributed by atoms with Gasteiger partial charge in [-0.1, -0.05) is 30.3 Å². The van der Waals surface area contributed by atoms with Crippen LogP contribution in [0.4, 0.5) is 0 Å². The molecule has 0 bridgehead atoms. The first kappa shape index (κ1) is 19.1. The summed E-state index contributed by atoms with van der Waals surface area (Å²) in [7, 11) is 0. The highest BCUT2D eigenvalue weighted by Gasteiger charge is 2.35. The number of hydrogen-bond acceptors (Lipinski definition) is 4. The summed E-state index contributed by atoms with van der Waals surface area (Å²) in [5, 5.41) is 1.59. The fourth-order valence-electron chi connectivity index (χ4n) is 3.22. The molecule has 1 aromatic carbocycles. The molecule has 0 aliphatic carbocycles. The van der Waals surface area contributed by atoms with Crippen LogP contribution in [0.25, 0.3) is 0 Å². The van der Waals surface area contributed by atoms with E-state index in [2.05, 4.69) is 0 Å². The van der Waals surface area contributed by atoms with Gasteiger partial charge in [0, 0.05) is 31.6 Å². The lowest BCUT2D eigenvalue weighted by Crippen LogP contribution is -2.54. The van der Waals surface area contributed by atoms with Crippen LogP contribution >= 0.6 is 11.3 Å². The zero-order valence-corrected chi connectivity index (χ0v) is 16.3. The SMILES string of the molecule is CC(C)(C(=O)N1CCN(C(=O)c2cc(C(N)=O)cs2)CC1)c1ccccc1. The van der Waals surface area contributed by atoms with Crippen molar-refractivity contribution in [2.24, 2.45) is 5.73 Å². The summed E-state index contributed by atoms with van der Waals surface area (Å²) in [4.78, 5) is 40.9. The van der Waals surface area contributed by atoms with E-state index in [4.69, 9.17) is 5.73 Å². The predicted octanol–water partition coefficient (Wildman–Crippen LogP) is 2.11. The van der Waals surface area contributed by atoms with Gasteiger partial charge in [-0.25, -0.2) is 0 Å². The van der Waals surface area contributed by atoms with E-state index in [0.717, 1.165) is 5.56 Å². The number of carbonyl (C=O) groups excluding carboxylic acids is 3. The molecule has 1 aromatic heterocycles. The number of carbonyl (C=O) groups is 3. The highest BCUT2D eigenvalue weighted by Crippen LogP contribution is 2.26. The first-order valence-electron chi connectivity index (χ1n) is 8.83. The van der Waals surface area contributed by atoms with Gasteiger partial charge in [0.15, 0.2) is 0 Å². The maximum absolute atomic E-state index is 13.0. The molecule has 2 aromatic rings. The molecule has 3 amide bonds. The van der Waals surface area contributed by atoms with E-state index in [1.807, 2.05) is 49.1 Å². The Morgan fingerprint density at radius 3 is 2.15 bits per heavy atom. The number of nitrogens with two attached hydrogens (primary N) is 1. The summed E-state index contributed by atoms with van der Waals surface area (Å²) >= 11 is 1.22. The molecule has 142 valence electrons. The zero-order valence-electron chi connectivity index (χ0n) is 15.5. The van der Waals surface area contributed by atoms with Crippen LogP contribution in [0, 0.1) is 0 Å². The predicted molar refractivity (Wildman–Crippen MR) is 105 cm³/mol. The Hall–Kier alpha value is -2.67. The summed E-state index contributed by atoms with van der Waals surface area (Å²) < 4.78 is 0. The van der Waals surface area contributed by atoms with Gasteiger partial charge in [-0.15, -0.1) is 11.3 Å². The van der Waals surface area contributed by atoms with Crippen molar-refractivity contribution in [1.82, 2.24) is 9.80 Å². The van der Waals surface area contributed by atoms with Gasteiger partial charge in [-0.3, -0.25) is 14.4 Å². The second-order valence-corrected chi connectivity index (χ2v) is 8.05. The van der Waals surface area contributed by atoms with E-state index in [-0.39, 0.29) is 11.8 Å².